The van der Waals surface area contributed by atoms with Gasteiger partial charge in [0.05, 0.1) is 11.5 Å². The van der Waals surface area contributed by atoms with Crippen LogP contribution in [0, 0.1) is 5.92 Å². The smallest absolute Gasteiger partial charge is 0.326 e. The van der Waals surface area contributed by atoms with Crippen LogP contribution in [0.5, 0.6) is 0 Å². The van der Waals surface area contributed by atoms with Gasteiger partial charge in [0.15, 0.2) is 0 Å². The van der Waals surface area contributed by atoms with E-state index in [9.17, 15) is 14.4 Å². The number of nitrogens with one attached hydrogen (secondary N) is 1. The van der Waals surface area contributed by atoms with Crippen LogP contribution < -0.4 is 5.32 Å². The minimum atomic E-state index is -1.09. The molecule has 6 nitrogen and oxygen atoms in total. The van der Waals surface area contributed by atoms with Crippen LogP contribution in [0.2, 0.25) is 0 Å². The van der Waals surface area contributed by atoms with E-state index in [1.54, 1.807) is 13.8 Å². The normalized spacial score (nSPS) is 12.2. The number of carboxylic acid groups (broad SMARTS) is 2. The van der Waals surface area contributed by atoms with Crippen molar-refractivity contribution < 1.29 is 24.6 Å². The lowest BCUT2D eigenvalue weighted by Crippen LogP contribution is -2.45. The van der Waals surface area contributed by atoms with E-state index in [1.165, 1.54) is 0 Å². The Bertz CT molecular complexity index is 279. The topological polar surface area (TPSA) is 104 Å². The first-order valence-corrected chi connectivity index (χ1v) is 5.81. The Hall–Kier alpha value is -1.24. The Balaban J connectivity index is 4.01. The van der Waals surface area contributed by atoms with E-state index in [0.717, 1.165) is 11.8 Å². The molecule has 0 unspecified atom stereocenters. The third-order valence-corrected chi connectivity index (χ3v) is 2.63. The van der Waals surface area contributed by atoms with Crippen LogP contribution in [0.1, 0.15) is 13.8 Å². The van der Waals surface area contributed by atoms with Crippen LogP contribution in [-0.2, 0) is 14.4 Å². The predicted octanol–water partition coefficient (Wildman–Crippen LogP) is 0.0296. The van der Waals surface area contributed by atoms with Gasteiger partial charge in [-0.1, -0.05) is 13.8 Å². The average Bonchev–Trinajstić information content (AvgIpc) is 2.12. The molecule has 0 spiro atoms. The Morgan fingerprint density at radius 2 is 1.75 bits per heavy atom. The first-order chi connectivity index (χ1) is 7.34. The molecule has 1 amide bonds. The van der Waals surface area contributed by atoms with Crippen LogP contribution in [0.4, 0.5) is 0 Å². The summed E-state index contributed by atoms with van der Waals surface area (Å²) in [6, 6.07) is -0.932. The fraction of sp³-hybridized carbons (Fsp3) is 0.667. The maximum Gasteiger partial charge on any atom is 0.326 e. The molecule has 16 heavy (non-hydrogen) atoms. The van der Waals surface area contributed by atoms with Crippen LogP contribution in [0.15, 0.2) is 0 Å². The molecule has 92 valence electrons. The first kappa shape index (κ1) is 14.8. The van der Waals surface area contributed by atoms with Crippen LogP contribution >= 0.6 is 11.8 Å². The van der Waals surface area contributed by atoms with Gasteiger partial charge in [-0.2, -0.15) is 0 Å². The van der Waals surface area contributed by atoms with Crippen molar-refractivity contribution in [3.8, 4) is 0 Å². The summed E-state index contributed by atoms with van der Waals surface area (Å²) in [6.45, 7) is 3.37. The molecule has 1 atom stereocenters. The number of thioether (sulfide) groups is 1. The molecule has 0 saturated carbocycles. The zero-order valence-corrected chi connectivity index (χ0v) is 9.91. The van der Waals surface area contributed by atoms with Crippen molar-refractivity contribution in [1.29, 1.82) is 0 Å². The van der Waals surface area contributed by atoms with E-state index in [1.807, 2.05) is 0 Å². The maximum atomic E-state index is 11.3. The molecular weight excluding hydrogens is 234 g/mol. The summed E-state index contributed by atoms with van der Waals surface area (Å²) in [5, 5.41) is 19.5. The molecule has 0 aliphatic heterocycles. The largest absolute Gasteiger partial charge is 0.481 e. The molecule has 0 radical (unpaired) electrons. The molecule has 0 saturated heterocycles. The first-order valence-electron chi connectivity index (χ1n) is 4.66. The molecule has 0 aromatic rings. The van der Waals surface area contributed by atoms with Gasteiger partial charge in [0, 0.05) is 0 Å². The summed E-state index contributed by atoms with van der Waals surface area (Å²) >= 11 is 0.930. The van der Waals surface area contributed by atoms with Crippen LogP contribution in [-0.4, -0.2) is 45.6 Å². The molecule has 0 aromatic heterocycles. The van der Waals surface area contributed by atoms with Crippen molar-refractivity contribution in [2.45, 2.75) is 19.9 Å². The highest BCUT2D eigenvalue weighted by atomic mass is 32.2. The SMILES string of the molecule is CC(C)[C@H](NC(=O)CSCC(=O)O)C(=O)O. The summed E-state index contributed by atoms with van der Waals surface area (Å²) in [5.74, 6) is -3.00. The minimum absolute atomic E-state index is 0.0528. The lowest BCUT2D eigenvalue weighted by atomic mass is 10.1. The van der Waals surface area contributed by atoms with Gasteiger partial charge in [-0.15, -0.1) is 11.8 Å². The number of hydrogen-bond acceptors (Lipinski definition) is 4. The second-order valence-electron chi connectivity index (χ2n) is 3.51. The zero-order chi connectivity index (χ0) is 12.7. The van der Waals surface area contributed by atoms with Crippen molar-refractivity contribution in [3.05, 3.63) is 0 Å². The van der Waals surface area contributed by atoms with Gasteiger partial charge in [-0.25, -0.2) is 4.79 Å². The summed E-state index contributed by atoms with van der Waals surface area (Å²) in [5.41, 5.74) is 0. The maximum absolute atomic E-state index is 11.3. The highest BCUT2D eigenvalue weighted by molar-refractivity contribution is 8.00. The average molecular weight is 249 g/mol. The van der Waals surface area contributed by atoms with Gasteiger partial charge in [0.2, 0.25) is 5.91 Å². The summed E-state index contributed by atoms with van der Waals surface area (Å²) in [6.07, 6.45) is 0. The number of rotatable bonds is 7. The van der Waals surface area contributed by atoms with E-state index in [2.05, 4.69) is 5.32 Å². The number of carbonyl (C=O) groups excluding carboxylic acids is 1. The second kappa shape index (κ2) is 7.10. The van der Waals surface area contributed by atoms with E-state index in [4.69, 9.17) is 10.2 Å². The standard InChI is InChI=1S/C9H15NO5S/c1-5(2)8(9(14)15)10-6(11)3-16-4-7(12)13/h5,8H,3-4H2,1-2H3,(H,10,11)(H,12,13)(H,14,15)/t8-/m0/s1. The number of aliphatic carboxylic acids is 2. The Morgan fingerprint density at radius 3 is 2.12 bits per heavy atom. The van der Waals surface area contributed by atoms with Crippen LogP contribution in [0.25, 0.3) is 0 Å². The molecule has 0 aromatic carbocycles. The summed E-state index contributed by atoms with van der Waals surface area (Å²) in [4.78, 5) is 32.2. The van der Waals surface area contributed by atoms with Crippen molar-refractivity contribution in [2.75, 3.05) is 11.5 Å². The molecule has 7 heteroatoms. The number of amides is 1. The lowest BCUT2D eigenvalue weighted by Gasteiger charge is -2.17. The van der Waals surface area contributed by atoms with Crippen molar-refractivity contribution in [3.63, 3.8) is 0 Å². The minimum Gasteiger partial charge on any atom is -0.481 e. The monoisotopic (exact) mass is 249 g/mol. The van der Waals surface area contributed by atoms with Crippen LogP contribution in [0.3, 0.4) is 0 Å². The molecule has 3 N–H and O–H groups in total. The van der Waals surface area contributed by atoms with Crippen molar-refractivity contribution in [1.82, 2.24) is 5.32 Å². The summed E-state index contributed by atoms with van der Waals surface area (Å²) in [7, 11) is 0. The van der Waals surface area contributed by atoms with Gasteiger partial charge in [0.25, 0.3) is 0 Å². The number of carboxylic acids is 2. The molecule has 0 fully saturated rings. The van der Waals surface area contributed by atoms with E-state index >= 15 is 0 Å². The van der Waals surface area contributed by atoms with Gasteiger partial charge in [0.1, 0.15) is 6.04 Å². The fourth-order valence-corrected chi connectivity index (χ4v) is 1.51. The molecule has 0 rings (SSSR count). The van der Waals surface area contributed by atoms with Crippen molar-refractivity contribution in [2.24, 2.45) is 5.92 Å². The molecule has 0 aliphatic rings. The third kappa shape index (κ3) is 6.28. The molecule has 0 bridgehead atoms. The van der Waals surface area contributed by atoms with Crippen molar-refractivity contribution >= 4 is 29.6 Å². The summed E-state index contributed by atoms with van der Waals surface area (Å²) < 4.78 is 0. The number of hydrogen-bond donors (Lipinski definition) is 3. The fourth-order valence-electron chi connectivity index (χ4n) is 0.960. The van der Waals surface area contributed by atoms with Gasteiger partial charge in [-0.3, -0.25) is 9.59 Å². The van der Waals surface area contributed by atoms with Gasteiger partial charge >= 0.3 is 11.9 Å². The van der Waals surface area contributed by atoms with Gasteiger partial charge in [-0.05, 0) is 5.92 Å². The third-order valence-electron chi connectivity index (χ3n) is 1.71. The highest BCUT2D eigenvalue weighted by Gasteiger charge is 2.23. The quantitative estimate of drug-likeness (QED) is 0.588. The molecule has 0 aliphatic carbocycles. The highest BCUT2D eigenvalue weighted by Crippen LogP contribution is 2.03. The van der Waals surface area contributed by atoms with Gasteiger partial charge < -0.3 is 15.5 Å². The lowest BCUT2D eigenvalue weighted by molar-refractivity contribution is -0.142. The zero-order valence-electron chi connectivity index (χ0n) is 9.10. The predicted molar refractivity (Wildman–Crippen MR) is 59.4 cm³/mol. The molecule has 0 heterocycles. The Morgan fingerprint density at radius 1 is 1.19 bits per heavy atom. The van der Waals surface area contributed by atoms with E-state index < -0.39 is 23.9 Å². The number of carbonyl (C=O) groups is 3. The Kier molecular flexibility index (Phi) is 6.55. The Labute approximate surface area is 97.4 Å². The molecular formula is C9H15NO5S. The van der Waals surface area contributed by atoms with E-state index in [0.29, 0.717) is 0 Å². The van der Waals surface area contributed by atoms with E-state index in [-0.39, 0.29) is 17.4 Å². The second-order valence-corrected chi connectivity index (χ2v) is 4.50.